The molecule has 2 heterocycles. The quantitative estimate of drug-likeness (QED) is 0.685. The molecule has 1 aliphatic heterocycles. The van der Waals surface area contributed by atoms with Crippen LogP contribution in [0.15, 0.2) is 52.0 Å². The summed E-state index contributed by atoms with van der Waals surface area (Å²) in [6, 6.07) is 8.68. The first-order valence-electron chi connectivity index (χ1n) is 8.26. The lowest BCUT2D eigenvalue weighted by molar-refractivity contribution is -0.141. The Kier molecular flexibility index (Phi) is 5.47. The van der Waals surface area contributed by atoms with Crippen molar-refractivity contribution in [3.05, 3.63) is 48.4 Å². The Morgan fingerprint density at radius 3 is 2.74 bits per heavy atom. The molecule has 0 bridgehead atoms. The van der Waals surface area contributed by atoms with Crippen LogP contribution in [0.4, 0.5) is 10.5 Å². The summed E-state index contributed by atoms with van der Waals surface area (Å²) in [6.45, 7) is 0.478. The molecule has 9 nitrogen and oxygen atoms in total. The van der Waals surface area contributed by atoms with Crippen molar-refractivity contribution >= 4 is 27.7 Å². The van der Waals surface area contributed by atoms with Crippen LogP contribution < -0.4 is 10.0 Å². The van der Waals surface area contributed by atoms with Gasteiger partial charge in [0.05, 0.1) is 23.6 Å². The second-order valence-electron chi connectivity index (χ2n) is 6.13. The van der Waals surface area contributed by atoms with Crippen molar-refractivity contribution < 1.29 is 27.5 Å². The van der Waals surface area contributed by atoms with Crippen LogP contribution in [0, 0.1) is 5.92 Å². The Labute approximate surface area is 156 Å². The van der Waals surface area contributed by atoms with E-state index in [9.17, 15) is 18.0 Å². The van der Waals surface area contributed by atoms with Gasteiger partial charge in [-0.1, -0.05) is 6.07 Å². The number of urea groups is 1. The number of amides is 2. The molecule has 10 heteroatoms. The Balaban J connectivity index is 1.64. The van der Waals surface area contributed by atoms with Gasteiger partial charge in [-0.3, -0.25) is 4.79 Å². The molecule has 144 valence electrons. The molecule has 2 aromatic rings. The van der Waals surface area contributed by atoms with Crippen LogP contribution in [0.2, 0.25) is 0 Å². The van der Waals surface area contributed by atoms with Crippen molar-refractivity contribution in [3.63, 3.8) is 0 Å². The topological polar surface area (TPSA) is 129 Å². The molecule has 1 saturated heterocycles. The Morgan fingerprint density at radius 2 is 2.07 bits per heavy atom. The van der Waals surface area contributed by atoms with E-state index < -0.39 is 27.9 Å². The number of nitrogens with one attached hydrogen (secondary N) is 2. The standard InChI is InChI=1S/C17H19N3O6S/c21-16(22)12-6-7-20(11-12)17(23)19-13-3-1-5-15(9-13)27(24,25)18-10-14-4-2-8-26-14/h1-5,8-9,12,18H,6-7,10-11H2,(H,19,23)(H,21,22). The summed E-state index contributed by atoms with van der Waals surface area (Å²) in [5, 5.41) is 11.6. The number of aliphatic carboxylic acids is 1. The average molecular weight is 393 g/mol. The van der Waals surface area contributed by atoms with Gasteiger partial charge in [0.15, 0.2) is 0 Å². The van der Waals surface area contributed by atoms with Crippen molar-refractivity contribution in [3.8, 4) is 0 Å². The predicted molar refractivity (Wildman–Crippen MR) is 95.5 cm³/mol. The molecule has 0 radical (unpaired) electrons. The Morgan fingerprint density at radius 1 is 1.26 bits per heavy atom. The second kappa shape index (κ2) is 7.80. The zero-order chi connectivity index (χ0) is 19.4. The van der Waals surface area contributed by atoms with Gasteiger partial charge in [-0.05, 0) is 36.8 Å². The maximum Gasteiger partial charge on any atom is 0.321 e. The lowest BCUT2D eigenvalue weighted by atomic mass is 10.1. The summed E-state index contributed by atoms with van der Waals surface area (Å²) in [5.74, 6) is -1.03. The SMILES string of the molecule is O=C(O)C1CCN(C(=O)Nc2cccc(S(=O)(=O)NCc3ccco3)c2)C1. The van der Waals surface area contributed by atoms with E-state index in [4.69, 9.17) is 9.52 Å². The highest BCUT2D eigenvalue weighted by atomic mass is 32.2. The molecule has 1 fully saturated rings. The van der Waals surface area contributed by atoms with Crippen molar-refractivity contribution in [2.75, 3.05) is 18.4 Å². The van der Waals surface area contributed by atoms with Gasteiger partial charge < -0.3 is 19.7 Å². The number of hydrogen-bond donors (Lipinski definition) is 3. The third-order valence-electron chi connectivity index (χ3n) is 4.24. The second-order valence-corrected chi connectivity index (χ2v) is 7.90. The Bertz CT molecular complexity index is 926. The molecule has 27 heavy (non-hydrogen) atoms. The van der Waals surface area contributed by atoms with Gasteiger partial charge in [0.1, 0.15) is 5.76 Å². The highest BCUT2D eigenvalue weighted by Crippen LogP contribution is 2.20. The monoisotopic (exact) mass is 393 g/mol. The van der Waals surface area contributed by atoms with E-state index >= 15 is 0 Å². The Hall–Kier alpha value is -2.85. The number of carboxylic acid groups (broad SMARTS) is 1. The van der Waals surface area contributed by atoms with Crippen LogP contribution in [0.3, 0.4) is 0 Å². The number of carbonyl (C=O) groups excluding carboxylic acids is 1. The smallest absolute Gasteiger partial charge is 0.321 e. The number of sulfonamides is 1. The third kappa shape index (κ3) is 4.66. The van der Waals surface area contributed by atoms with Crippen LogP contribution in [0.5, 0.6) is 0 Å². The van der Waals surface area contributed by atoms with E-state index in [0.717, 1.165) is 0 Å². The zero-order valence-corrected chi connectivity index (χ0v) is 15.1. The number of carbonyl (C=O) groups is 2. The van der Waals surface area contributed by atoms with E-state index in [0.29, 0.717) is 24.4 Å². The van der Waals surface area contributed by atoms with E-state index in [1.54, 1.807) is 18.2 Å². The first-order valence-corrected chi connectivity index (χ1v) is 9.74. The van der Waals surface area contributed by atoms with Crippen molar-refractivity contribution in [1.29, 1.82) is 0 Å². The van der Waals surface area contributed by atoms with Gasteiger partial charge in [-0.2, -0.15) is 0 Å². The van der Waals surface area contributed by atoms with E-state index in [1.807, 2.05) is 0 Å². The number of nitrogens with zero attached hydrogens (tertiary/aromatic N) is 1. The summed E-state index contributed by atoms with van der Waals surface area (Å²) in [6.07, 6.45) is 1.85. The molecule has 3 rings (SSSR count). The van der Waals surface area contributed by atoms with Gasteiger partial charge >= 0.3 is 12.0 Å². The number of anilines is 1. The van der Waals surface area contributed by atoms with Gasteiger partial charge in [0.25, 0.3) is 0 Å². The molecule has 1 aromatic carbocycles. The summed E-state index contributed by atoms with van der Waals surface area (Å²) < 4.78 is 32.3. The van der Waals surface area contributed by atoms with Crippen molar-refractivity contribution in [1.82, 2.24) is 9.62 Å². The number of rotatable bonds is 6. The molecular formula is C17H19N3O6S. The molecule has 0 aliphatic carbocycles. The number of benzene rings is 1. The summed E-state index contributed by atoms with van der Waals surface area (Å²) in [7, 11) is -3.79. The first-order chi connectivity index (χ1) is 12.8. The van der Waals surface area contributed by atoms with Gasteiger partial charge in [0.2, 0.25) is 10.0 Å². The fourth-order valence-corrected chi connectivity index (χ4v) is 3.79. The zero-order valence-electron chi connectivity index (χ0n) is 14.3. The van der Waals surface area contributed by atoms with Gasteiger partial charge in [-0.25, -0.2) is 17.9 Å². The normalized spacial score (nSPS) is 17.0. The van der Waals surface area contributed by atoms with Crippen LogP contribution in [0.1, 0.15) is 12.2 Å². The van der Waals surface area contributed by atoms with Crippen LogP contribution in [-0.2, 0) is 21.4 Å². The number of hydrogen-bond acceptors (Lipinski definition) is 5. The molecule has 0 spiro atoms. The lowest BCUT2D eigenvalue weighted by Gasteiger charge is -2.17. The molecule has 3 N–H and O–H groups in total. The highest BCUT2D eigenvalue weighted by molar-refractivity contribution is 7.89. The van der Waals surface area contributed by atoms with Crippen LogP contribution >= 0.6 is 0 Å². The largest absolute Gasteiger partial charge is 0.481 e. The molecule has 1 atom stereocenters. The molecular weight excluding hydrogens is 374 g/mol. The van der Waals surface area contributed by atoms with E-state index in [1.165, 1.54) is 29.4 Å². The molecule has 0 saturated carbocycles. The molecule has 2 amide bonds. The first kappa shape index (κ1) is 18.9. The van der Waals surface area contributed by atoms with Gasteiger partial charge in [0, 0.05) is 18.8 Å². The minimum absolute atomic E-state index is 0.00306. The minimum Gasteiger partial charge on any atom is -0.481 e. The molecule has 1 unspecified atom stereocenters. The van der Waals surface area contributed by atoms with Crippen molar-refractivity contribution in [2.24, 2.45) is 5.92 Å². The highest BCUT2D eigenvalue weighted by Gasteiger charge is 2.30. The van der Waals surface area contributed by atoms with E-state index in [-0.39, 0.29) is 18.0 Å². The number of furan rings is 1. The maximum atomic E-state index is 12.4. The van der Waals surface area contributed by atoms with Crippen LogP contribution in [-0.4, -0.2) is 43.5 Å². The van der Waals surface area contributed by atoms with E-state index in [2.05, 4.69) is 10.0 Å². The molecule has 1 aromatic heterocycles. The summed E-state index contributed by atoms with van der Waals surface area (Å²) in [5.41, 5.74) is 0.305. The number of likely N-dealkylation sites (tertiary alicyclic amines) is 1. The maximum absolute atomic E-state index is 12.4. The third-order valence-corrected chi connectivity index (χ3v) is 5.64. The average Bonchev–Trinajstić information content (AvgIpc) is 3.32. The summed E-state index contributed by atoms with van der Waals surface area (Å²) in [4.78, 5) is 24.7. The predicted octanol–water partition coefficient (Wildman–Crippen LogP) is 1.70. The van der Waals surface area contributed by atoms with Crippen molar-refractivity contribution in [2.45, 2.75) is 17.9 Å². The summed E-state index contributed by atoms with van der Waals surface area (Å²) >= 11 is 0. The van der Waals surface area contributed by atoms with Crippen LogP contribution in [0.25, 0.3) is 0 Å². The fourth-order valence-electron chi connectivity index (χ4n) is 2.75. The number of carboxylic acids is 1. The lowest BCUT2D eigenvalue weighted by Crippen LogP contribution is -2.33. The minimum atomic E-state index is -3.79. The van der Waals surface area contributed by atoms with Gasteiger partial charge in [-0.15, -0.1) is 0 Å². The molecule has 1 aliphatic rings. The fraction of sp³-hybridized carbons (Fsp3) is 0.294.